The van der Waals surface area contributed by atoms with Crippen LogP contribution in [0.1, 0.15) is 98.3 Å². The van der Waals surface area contributed by atoms with E-state index in [1.54, 1.807) is 18.8 Å². The summed E-state index contributed by atoms with van der Waals surface area (Å²) in [6, 6.07) is 13.4. The summed E-state index contributed by atoms with van der Waals surface area (Å²) in [5, 5.41) is 10.6. The third kappa shape index (κ3) is 7.45. The van der Waals surface area contributed by atoms with E-state index in [0.717, 1.165) is 0 Å². The second-order valence-electron chi connectivity index (χ2n) is 10.6. The van der Waals surface area contributed by atoms with Crippen LogP contribution in [0.2, 0.25) is 13.3 Å². The molecule has 0 bridgehead atoms. The SMILES string of the molecule is CCCCCC/C(=[CH]/[Sn]([CH2]CCC)([CH2]CCC)[CH2]CCC)B1Nc2cccc3cccc(c23)N1. The number of benzene rings is 2. The van der Waals surface area contributed by atoms with Crippen molar-refractivity contribution in [3.05, 3.63) is 46.0 Å². The molecule has 0 aromatic heterocycles. The summed E-state index contributed by atoms with van der Waals surface area (Å²) in [5.41, 5.74) is 4.28. The molecule has 4 heteroatoms. The van der Waals surface area contributed by atoms with Crippen molar-refractivity contribution in [1.82, 2.24) is 0 Å². The van der Waals surface area contributed by atoms with E-state index in [-0.39, 0.29) is 6.98 Å². The van der Waals surface area contributed by atoms with Crippen LogP contribution in [0.15, 0.2) is 46.0 Å². The Morgan fingerprint density at radius 2 is 1.24 bits per heavy atom. The van der Waals surface area contributed by atoms with Gasteiger partial charge in [-0.2, -0.15) is 0 Å². The Balaban J connectivity index is 1.96. The zero-order chi connectivity index (χ0) is 24.2. The van der Waals surface area contributed by atoms with Crippen LogP contribution in [0, 0.1) is 0 Å². The van der Waals surface area contributed by atoms with E-state index in [9.17, 15) is 0 Å². The van der Waals surface area contributed by atoms with Gasteiger partial charge in [0.2, 0.25) is 0 Å². The molecule has 0 radical (unpaired) electrons. The van der Waals surface area contributed by atoms with Gasteiger partial charge >= 0.3 is 216 Å². The molecule has 0 atom stereocenters. The Hall–Kier alpha value is -1.10. The summed E-state index contributed by atoms with van der Waals surface area (Å²) < 4.78 is 7.62. The molecule has 2 aromatic carbocycles. The zero-order valence-corrected chi connectivity index (χ0v) is 25.4. The van der Waals surface area contributed by atoms with Gasteiger partial charge in [-0.3, -0.25) is 0 Å². The number of rotatable bonds is 16. The molecule has 2 N–H and O–H groups in total. The molecule has 0 amide bonds. The van der Waals surface area contributed by atoms with Gasteiger partial charge in [0.05, 0.1) is 0 Å². The van der Waals surface area contributed by atoms with Crippen LogP contribution in [0.3, 0.4) is 0 Å². The second kappa shape index (κ2) is 14.5. The first-order chi connectivity index (χ1) is 16.7. The number of nitrogens with one attached hydrogen (secondary N) is 2. The van der Waals surface area contributed by atoms with Gasteiger partial charge in [-0.1, -0.05) is 0 Å². The first-order valence-corrected chi connectivity index (χ1v) is 22.1. The van der Waals surface area contributed by atoms with E-state index >= 15 is 0 Å². The van der Waals surface area contributed by atoms with Gasteiger partial charge in [-0.15, -0.1) is 0 Å². The molecular formula is C30H49BN2Sn. The molecule has 2 aromatic rings. The number of hydrogen-bond donors (Lipinski definition) is 2. The van der Waals surface area contributed by atoms with Crippen molar-refractivity contribution in [3.63, 3.8) is 0 Å². The van der Waals surface area contributed by atoms with Crippen LogP contribution < -0.4 is 10.5 Å². The van der Waals surface area contributed by atoms with Crippen molar-refractivity contribution in [2.45, 2.75) is 112 Å². The van der Waals surface area contributed by atoms with Crippen molar-refractivity contribution in [1.29, 1.82) is 0 Å². The fraction of sp³-hybridized carbons (Fsp3) is 0.600. The minimum absolute atomic E-state index is 0.239. The van der Waals surface area contributed by atoms with E-state index in [1.165, 1.54) is 92.8 Å². The Labute approximate surface area is 214 Å². The first-order valence-electron chi connectivity index (χ1n) is 14.4. The predicted molar refractivity (Wildman–Crippen MR) is 159 cm³/mol. The topological polar surface area (TPSA) is 24.1 Å². The van der Waals surface area contributed by atoms with Crippen LogP contribution in [-0.2, 0) is 0 Å². The fourth-order valence-corrected chi connectivity index (χ4v) is 21.3. The van der Waals surface area contributed by atoms with Crippen LogP contribution in [0.5, 0.6) is 0 Å². The monoisotopic (exact) mass is 568 g/mol. The standard InChI is InChI=1S/C18H22BN2.3C4H9.Sn/c1-3-4-5-6-9-14(2)19-20-16-12-7-10-15-11-8-13-17(21-19)18(15)16;3*1-3-4-2;/h2,7-8,10-13,20-21H,3-6,9H2,1H3;3*1,3-4H2,2H3;. The number of anilines is 2. The molecule has 2 nitrogen and oxygen atoms in total. The molecule has 0 unspecified atom stereocenters. The number of hydrogen-bond acceptors (Lipinski definition) is 2. The summed E-state index contributed by atoms with van der Waals surface area (Å²) in [6.07, 6.45) is 14.9. The average Bonchev–Trinajstić information content (AvgIpc) is 2.87. The molecule has 3 rings (SSSR count). The maximum atomic E-state index is 3.95. The predicted octanol–water partition coefficient (Wildman–Crippen LogP) is 9.99. The number of unbranched alkanes of at least 4 members (excludes halogenated alkanes) is 6. The minimum atomic E-state index is -2.40. The van der Waals surface area contributed by atoms with Gasteiger partial charge in [-0.05, 0) is 0 Å². The van der Waals surface area contributed by atoms with Gasteiger partial charge in [0.15, 0.2) is 0 Å². The van der Waals surface area contributed by atoms with Crippen molar-refractivity contribution in [3.8, 4) is 0 Å². The molecule has 1 aliphatic rings. The van der Waals surface area contributed by atoms with Gasteiger partial charge in [0, 0.05) is 0 Å². The van der Waals surface area contributed by atoms with E-state index < -0.39 is 18.4 Å². The van der Waals surface area contributed by atoms with Crippen molar-refractivity contribution in [2.24, 2.45) is 0 Å². The van der Waals surface area contributed by atoms with Crippen molar-refractivity contribution >= 4 is 47.5 Å². The zero-order valence-electron chi connectivity index (χ0n) is 22.5. The summed E-state index contributed by atoms with van der Waals surface area (Å²) in [5.74, 6) is 0. The van der Waals surface area contributed by atoms with Gasteiger partial charge in [0.1, 0.15) is 0 Å². The van der Waals surface area contributed by atoms with Crippen molar-refractivity contribution < 1.29 is 0 Å². The quantitative estimate of drug-likeness (QED) is 0.156. The fourth-order valence-electron chi connectivity index (χ4n) is 5.74. The summed E-state index contributed by atoms with van der Waals surface area (Å²) in [4.78, 5) is 0. The van der Waals surface area contributed by atoms with E-state index in [0.29, 0.717) is 0 Å². The molecule has 0 saturated heterocycles. The van der Waals surface area contributed by atoms with Crippen molar-refractivity contribution in [2.75, 3.05) is 10.5 Å². The maximum absolute atomic E-state index is 3.95. The molecular weight excluding hydrogens is 518 g/mol. The molecule has 0 saturated carbocycles. The average molecular weight is 567 g/mol. The van der Waals surface area contributed by atoms with Crippen LogP contribution in [0.25, 0.3) is 10.8 Å². The van der Waals surface area contributed by atoms with Gasteiger partial charge in [0.25, 0.3) is 0 Å². The van der Waals surface area contributed by atoms with Gasteiger partial charge < -0.3 is 0 Å². The van der Waals surface area contributed by atoms with E-state index in [1.807, 2.05) is 0 Å². The van der Waals surface area contributed by atoms with Crippen LogP contribution in [0.4, 0.5) is 11.4 Å². The van der Waals surface area contributed by atoms with Crippen LogP contribution >= 0.6 is 0 Å². The van der Waals surface area contributed by atoms with Gasteiger partial charge in [-0.25, -0.2) is 0 Å². The first kappa shape index (κ1) is 27.5. The molecule has 0 spiro atoms. The molecule has 186 valence electrons. The molecule has 34 heavy (non-hydrogen) atoms. The summed E-state index contributed by atoms with van der Waals surface area (Å²) in [7, 11) is 0. The van der Waals surface area contributed by atoms with E-state index in [2.05, 4.69) is 78.6 Å². The summed E-state index contributed by atoms with van der Waals surface area (Å²) in [6.45, 7) is 9.71. The molecule has 0 fully saturated rings. The third-order valence-corrected chi connectivity index (χ3v) is 22.1. The normalized spacial score (nSPS) is 13.8. The Kier molecular flexibility index (Phi) is 11.7. The molecule has 1 aliphatic heterocycles. The van der Waals surface area contributed by atoms with E-state index in [4.69, 9.17) is 0 Å². The second-order valence-corrected chi connectivity index (χ2v) is 23.5. The Morgan fingerprint density at radius 1 is 0.706 bits per heavy atom. The Morgan fingerprint density at radius 3 is 1.74 bits per heavy atom. The van der Waals surface area contributed by atoms with Crippen LogP contribution in [-0.4, -0.2) is 25.4 Å². The summed E-state index contributed by atoms with van der Waals surface area (Å²) >= 11 is -2.40. The number of allylic oxidation sites excluding steroid dienone is 1. The third-order valence-electron chi connectivity index (χ3n) is 7.77. The molecule has 1 heterocycles. The Bertz CT molecular complexity index is 847. The molecule has 0 aliphatic carbocycles.